The lowest BCUT2D eigenvalue weighted by Crippen LogP contribution is -2.16. The molecular formula is C17H14Cl2N8O. The van der Waals surface area contributed by atoms with E-state index in [0.717, 1.165) is 5.56 Å². The normalized spacial score (nSPS) is 10.9. The Kier molecular flexibility index (Phi) is 5.09. The summed E-state index contributed by atoms with van der Waals surface area (Å²) in [6.45, 7) is 0.856. The van der Waals surface area contributed by atoms with Crippen LogP contribution in [0.25, 0.3) is 0 Å². The van der Waals surface area contributed by atoms with Crippen LogP contribution in [0, 0.1) is 0 Å². The Hall–Kier alpha value is -3.17. The summed E-state index contributed by atoms with van der Waals surface area (Å²) in [7, 11) is 0. The zero-order valence-corrected chi connectivity index (χ0v) is 15.9. The molecule has 0 unspecified atom stereocenters. The van der Waals surface area contributed by atoms with E-state index >= 15 is 0 Å². The Morgan fingerprint density at radius 3 is 2.71 bits per heavy atom. The monoisotopic (exact) mass is 416 g/mol. The van der Waals surface area contributed by atoms with E-state index in [-0.39, 0.29) is 11.6 Å². The number of carbonyl (C=O) groups is 1. The van der Waals surface area contributed by atoms with E-state index in [4.69, 9.17) is 23.2 Å². The molecule has 0 saturated heterocycles. The lowest BCUT2D eigenvalue weighted by atomic mass is 10.2. The summed E-state index contributed by atoms with van der Waals surface area (Å²) < 4.78 is 4.89. The maximum absolute atomic E-state index is 12.3. The van der Waals surface area contributed by atoms with Crippen LogP contribution in [0.2, 0.25) is 10.0 Å². The number of halogens is 2. The molecule has 0 aliphatic rings. The van der Waals surface area contributed by atoms with E-state index in [2.05, 4.69) is 25.6 Å². The van der Waals surface area contributed by atoms with Crippen molar-refractivity contribution >= 4 is 35.1 Å². The molecule has 3 aromatic heterocycles. The molecule has 0 spiro atoms. The number of rotatable bonds is 6. The molecule has 3 heterocycles. The highest BCUT2D eigenvalue weighted by molar-refractivity contribution is 6.42. The SMILES string of the molecule is O=C(Nc1ncn(Cc2ccc(Cl)c(Cl)c2)n1)c1ccn(Cn2cccn2)n1. The molecule has 0 aliphatic heterocycles. The Bertz CT molecular complexity index is 1100. The third-order valence-corrected chi connectivity index (χ3v) is 4.55. The van der Waals surface area contributed by atoms with Crippen molar-refractivity contribution in [2.45, 2.75) is 13.2 Å². The van der Waals surface area contributed by atoms with Gasteiger partial charge in [-0.1, -0.05) is 29.3 Å². The largest absolute Gasteiger partial charge is 0.288 e. The molecule has 0 saturated carbocycles. The number of carbonyl (C=O) groups excluding carboxylic acids is 1. The second-order valence-corrected chi connectivity index (χ2v) is 6.71. The number of amides is 1. The van der Waals surface area contributed by atoms with Gasteiger partial charge in [-0.25, -0.2) is 9.67 Å². The molecule has 4 rings (SSSR count). The fraction of sp³-hybridized carbons (Fsp3) is 0.118. The van der Waals surface area contributed by atoms with Gasteiger partial charge in [0.1, 0.15) is 13.0 Å². The first-order valence-electron chi connectivity index (χ1n) is 8.22. The number of hydrogen-bond donors (Lipinski definition) is 1. The van der Waals surface area contributed by atoms with E-state index in [9.17, 15) is 4.79 Å². The van der Waals surface area contributed by atoms with Crippen molar-refractivity contribution in [3.63, 3.8) is 0 Å². The van der Waals surface area contributed by atoms with Crippen molar-refractivity contribution in [1.82, 2.24) is 34.3 Å². The molecule has 1 N–H and O–H groups in total. The van der Waals surface area contributed by atoms with Gasteiger partial charge >= 0.3 is 0 Å². The third kappa shape index (κ3) is 4.21. The molecule has 0 fully saturated rings. The average molecular weight is 417 g/mol. The Labute approximate surface area is 169 Å². The molecule has 1 amide bonds. The van der Waals surface area contributed by atoms with E-state index in [1.807, 2.05) is 18.3 Å². The van der Waals surface area contributed by atoms with Crippen LogP contribution in [-0.2, 0) is 13.2 Å². The minimum Gasteiger partial charge on any atom is -0.288 e. The second-order valence-electron chi connectivity index (χ2n) is 5.90. The predicted octanol–water partition coefficient (Wildman–Crippen LogP) is 2.78. The van der Waals surface area contributed by atoms with Gasteiger partial charge in [0.2, 0.25) is 5.95 Å². The molecular weight excluding hydrogens is 403 g/mol. The summed E-state index contributed by atoms with van der Waals surface area (Å²) in [5, 5.41) is 16.2. The number of aromatic nitrogens is 7. The summed E-state index contributed by atoms with van der Waals surface area (Å²) in [5.74, 6) is -0.210. The summed E-state index contributed by atoms with van der Waals surface area (Å²) in [4.78, 5) is 16.4. The van der Waals surface area contributed by atoms with E-state index < -0.39 is 5.91 Å². The number of nitrogens with one attached hydrogen (secondary N) is 1. The average Bonchev–Trinajstić information content (AvgIpc) is 3.41. The van der Waals surface area contributed by atoms with Gasteiger partial charge in [0.25, 0.3) is 5.91 Å². The van der Waals surface area contributed by atoms with Gasteiger partial charge < -0.3 is 0 Å². The third-order valence-electron chi connectivity index (χ3n) is 3.81. The lowest BCUT2D eigenvalue weighted by Gasteiger charge is -2.03. The van der Waals surface area contributed by atoms with Crippen molar-refractivity contribution in [2.75, 3.05) is 5.32 Å². The van der Waals surface area contributed by atoms with Gasteiger partial charge in [0, 0.05) is 18.6 Å². The molecule has 0 radical (unpaired) electrons. The van der Waals surface area contributed by atoms with Gasteiger partial charge in [-0.2, -0.15) is 10.2 Å². The highest BCUT2D eigenvalue weighted by Crippen LogP contribution is 2.22. The summed E-state index contributed by atoms with van der Waals surface area (Å²) in [6.07, 6.45) is 6.71. The summed E-state index contributed by atoms with van der Waals surface area (Å²) in [6, 6.07) is 8.76. The van der Waals surface area contributed by atoms with Crippen molar-refractivity contribution in [3.05, 3.63) is 76.6 Å². The number of nitrogens with zero attached hydrogens (tertiary/aromatic N) is 7. The molecule has 4 aromatic rings. The smallest absolute Gasteiger partial charge is 0.278 e. The van der Waals surface area contributed by atoms with E-state index in [1.165, 1.54) is 6.33 Å². The minimum atomic E-state index is -0.397. The highest BCUT2D eigenvalue weighted by Gasteiger charge is 2.13. The van der Waals surface area contributed by atoms with Gasteiger partial charge in [0.15, 0.2) is 5.69 Å². The lowest BCUT2D eigenvalue weighted by molar-refractivity contribution is 0.102. The van der Waals surface area contributed by atoms with Crippen LogP contribution in [0.5, 0.6) is 0 Å². The molecule has 0 bridgehead atoms. The van der Waals surface area contributed by atoms with Crippen LogP contribution >= 0.6 is 23.2 Å². The minimum absolute atomic E-state index is 0.187. The summed E-state index contributed by atoms with van der Waals surface area (Å²) >= 11 is 11.9. The van der Waals surface area contributed by atoms with Crippen molar-refractivity contribution in [1.29, 1.82) is 0 Å². The van der Waals surface area contributed by atoms with Crippen LogP contribution < -0.4 is 5.32 Å². The number of anilines is 1. The topological polar surface area (TPSA) is 95.5 Å². The Morgan fingerprint density at radius 2 is 1.93 bits per heavy atom. The molecule has 0 aliphatic carbocycles. The quantitative estimate of drug-likeness (QED) is 0.521. The number of hydrogen-bond acceptors (Lipinski definition) is 5. The highest BCUT2D eigenvalue weighted by atomic mass is 35.5. The van der Waals surface area contributed by atoms with E-state index in [0.29, 0.717) is 23.3 Å². The number of benzene rings is 1. The first-order chi connectivity index (χ1) is 13.6. The van der Waals surface area contributed by atoms with Crippen LogP contribution in [0.15, 0.2) is 55.2 Å². The molecule has 142 valence electrons. The fourth-order valence-corrected chi connectivity index (χ4v) is 2.83. The van der Waals surface area contributed by atoms with E-state index in [1.54, 1.807) is 44.6 Å². The molecule has 11 heteroatoms. The fourth-order valence-electron chi connectivity index (χ4n) is 2.51. The van der Waals surface area contributed by atoms with Crippen molar-refractivity contribution in [2.24, 2.45) is 0 Å². The zero-order valence-electron chi connectivity index (χ0n) is 14.4. The van der Waals surface area contributed by atoms with Crippen molar-refractivity contribution < 1.29 is 4.79 Å². The van der Waals surface area contributed by atoms with Crippen LogP contribution in [0.3, 0.4) is 0 Å². The first-order valence-corrected chi connectivity index (χ1v) is 8.98. The maximum Gasteiger partial charge on any atom is 0.278 e. The second kappa shape index (κ2) is 7.83. The molecule has 1 aromatic carbocycles. The van der Waals surface area contributed by atoms with Crippen LogP contribution in [0.1, 0.15) is 16.1 Å². The van der Waals surface area contributed by atoms with Gasteiger partial charge in [-0.05, 0) is 29.8 Å². The standard InChI is InChI=1S/C17H14Cl2N8O/c18-13-3-2-12(8-14(13)19)9-27-10-20-17(24-27)22-16(28)15-4-7-26(23-15)11-25-6-1-5-21-25/h1-8,10H,9,11H2,(H,22,24,28). The van der Waals surface area contributed by atoms with Crippen LogP contribution in [-0.4, -0.2) is 40.2 Å². The predicted molar refractivity (Wildman–Crippen MR) is 103 cm³/mol. The summed E-state index contributed by atoms with van der Waals surface area (Å²) in [5.41, 5.74) is 1.17. The molecule has 0 atom stereocenters. The van der Waals surface area contributed by atoms with Gasteiger partial charge in [0.05, 0.1) is 16.6 Å². The zero-order chi connectivity index (χ0) is 19.5. The van der Waals surface area contributed by atoms with Crippen LogP contribution in [0.4, 0.5) is 5.95 Å². The van der Waals surface area contributed by atoms with Gasteiger partial charge in [-0.3, -0.25) is 19.5 Å². The first kappa shape index (κ1) is 18.2. The maximum atomic E-state index is 12.3. The molecule has 9 nitrogen and oxygen atoms in total. The van der Waals surface area contributed by atoms with Crippen molar-refractivity contribution in [3.8, 4) is 0 Å². The Morgan fingerprint density at radius 1 is 1.04 bits per heavy atom. The van der Waals surface area contributed by atoms with Gasteiger partial charge in [-0.15, -0.1) is 5.10 Å². The Balaban J connectivity index is 1.38. The molecule has 28 heavy (non-hydrogen) atoms.